The molecule has 0 bridgehead atoms. The third kappa shape index (κ3) is 1.93. The Morgan fingerprint density at radius 2 is 2.00 bits per heavy atom. The Bertz CT molecular complexity index is 958. The molecule has 0 spiro atoms. The highest BCUT2D eigenvalue weighted by Gasteiger charge is 2.12. The molecule has 0 unspecified atom stereocenters. The zero-order chi connectivity index (χ0) is 14.9. The topological polar surface area (TPSA) is 91.4 Å². The minimum absolute atomic E-state index is 0.226. The largest absolute Gasteiger partial charge is 0.456 e. The molecule has 22 heavy (non-hydrogen) atoms. The van der Waals surface area contributed by atoms with Crippen molar-refractivity contribution >= 4 is 11.0 Å². The fraction of sp³-hybridized carbons (Fsp3) is 0. The summed E-state index contributed by atoms with van der Waals surface area (Å²) in [6.07, 6.45) is 1.70. The minimum Gasteiger partial charge on any atom is -0.456 e. The molecule has 3 heterocycles. The van der Waals surface area contributed by atoms with Gasteiger partial charge in [-0.05, 0) is 24.3 Å². The molecule has 6 nitrogen and oxygen atoms in total. The van der Waals surface area contributed by atoms with Crippen LogP contribution in [0.1, 0.15) is 5.69 Å². The summed E-state index contributed by atoms with van der Waals surface area (Å²) in [6, 6.07) is 15.5. The lowest BCUT2D eigenvalue weighted by atomic mass is 10.1. The van der Waals surface area contributed by atoms with Crippen molar-refractivity contribution < 1.29 is 4.42 Å². The van der Waals surface area contributed by atoms with Crippen LogP contribution in [0.15, 0.2) is 53.1 Å². The Labute approximate surface area is 125 Å². The number of hydrogen-bond donors (Lipinski definition) is 1. The van der Waals surface area contributed by atoms with Crippen LogP contribution in [0.3, 0.4) is 0 Å². The number of rotatable bonds is 2. The highest BCUT2D eigenvalue weighted by atomic mass is 16.3. The number of aromatic amines is 1. The lowest BCUT2D eigenvalue weighted by Gasteiger charge is -1.98. The van der Waals surface area contributed by atoms with Crippen molar-refractivity contribution in [1.82, 2.24) is 20.4 Å². The van der Waals surface area contributed by atoms with Crippen LogP contribution < -0.4 is 0 Å². The summed E-state index contributed by atoms with van der Waals surface area (Å²) in [5, 5.41) is 20.2. The summed E-state index contributed by atoms with van der Waals surface area (Å²) in [4.78, 5) is 4.34. The van der Waals surface area contributed by atoms with Crippen LogP contribution in [-0.2, 0) is 0 Å². The number of nitriles is 1. The number of aromatic nitrogens is 4. The number of furan rings is 1. The average molecular weight is 287 g/mol. The summed E-state index contributed by atoms with van der Waals surface area (Å²) < 4.78 is 5.80. The Morgan fingerprint density at radius 3 is 2.77 bits per heavy atom. The van der Waals surface area contributed by atoms with Crippen molar-refractivity contribution in [2.24, 2.45) is 0 Å². The van der Waals surface area contributed by atoms with E-state index < -0.39 is 0 Å². The van der Waals surface area contributed by atoms with Crippen LogP contribution in [0.2, 0.25) is 0 Å². The van der Waals surface area contributed by atoms with Crippen molar-refractivity contribution in [1.29, 1.82) is 5.26 Å². The maximum atomic E-state index is 8.97. The fourth-order valence-corrected chi connectivity index (χ4v) is 2.29. The second kappa shape index (κ2) is 4.82. The van der Waals surface area contributed by atoms with Crippen molar-refractivity contribution in [3.05, 3.63) is 54.4 Å². The molecular weight excluding hydrogens is 278 g/mol. The number of nitrogens with one attached hydrogen (secondary N) is 1. The first-order chi connectivity index (χ1) is 10.8. The third-order valence-electron chi connectivity index (χ3n) is 3.37. The first kappa shape index (κ1) is 12.3. The van der Waals surface area contributed by atoms with Gasteiger partial charge in [0, 0.05) is 17.1 Å². The van der Waals surface area contributed by atoms with Crippen molar-refractivity contribution in [2.75, 3.05) is 0 Å². The van der Waals surface area contributed by atoms with Gasteiger partial charge >= 0.3 is 0 Å². The van der Waals surface area contributed by atoms with Gasteiger partial charge in [-0.3, -0.25) is 4.98 Å². The molecule has 0 aliphatic carbocycles. The molecule has 1 N–H and O–H groups in total. The van der Waals surface area contributed by atoms with Crippen molar-refractivity contribution in [3.63, 3.8) is 0 Å². The predicted octanol–water partition coefficient (Wildman–Crippen LogP) is 3.15. The van der Waals surface area contributed by atoms with Gasteiger partial charge in [0.25, 0.3) is 0 Å². The van der Waals surface area contributed by atoms with Crippen LogP contribution in [0, 0.1) is 11.3 Å². The normalized spacial score (nSPS) is 10.7. The van der Waals surface area contributed by atoms with Gasteiger partial charge in [0.2, 0.25) is 0 Å². The smallest absolute Gasteiger partial charge is 0.192 e. The lowest BCUT2D eigenvalue weighted by molar-refractivity contribution is 0.631. The molecule has 4 rings (SSSR count). The molecule has 0 saturated carbocycles. The maximum absolute atomic E-state index is 8.97. The molecular formula is C16H9N5O. The van der Waals surface area contributed by atoms with Gasteiger partial charge in [-0.15, -0.1) is 5.10 Å². The first-order valence-corrected chi connectivity index (χ1v) is 6.61. The van der Waals surface area contributed by atoms with Gasteiger partial charge in [-0.2, -0.15) is 15.6 Å². The first-order valence-electron chi connectivity index (χ1n) is 6.61. The molecule has 0 aliphatic rings. The van der Waals surface area contributed by atoms with E-state index >= 15 is 0 Å². The van der Waals surface area contributed by atoms with E-state index in [0.29, 0.717) is 11.4 Å². The van der Waals surface area contributed by atoms with Gasteiger partial charge in [-0.1, -0.05) is 18.2 Å². The third-order valence-corrected chi connectivity index (χ3v) is 3.37. The van der Waals surface area contributed by atoms with E-state index in [9.17, 15) is 0 Å². The monoisotopic (exact) mass is 287 g/mol. The molecule has 0 saturated heterocycles. The van der Waals surface area contributed by atoms with Gasteiger partial charge in [0.1, 0.15) is 23.1 Å². The molecule has 0 amide bonds. The van der Waals surface area contributed by atoms with Crippen LogP contribution >= 0.6 is 0 Å². The number of para-hydroxylation sites is 1. The van der Waals surface area contributed by atoms with E-state index in [1.165, 1.54) is 0 Å². The number of benzene rings is 1. The van der Waals surface area contributed by atoms with Gasteiger partial charge in [0.05, 0.1) is 5.69 Å². The molecule has 0 aliphatic heterocycles. The summed E-state index contributed by atoms with van der Waals surface area (Å²) in [5.41, 5.74) is 2.96. The van der Waals surface area contributed by atoms with Gasteiger partial charge in [0.15, 0.2) is 5.69 Å². The maximum Gasteiger partial charge on any atom is 0.192 e. The van der Waals surface area contributed by atoms with E-state index in [2.05, 4.69) is 20.4 Å². The zero-order valence-corrected chi connectivity index (χ0v) is 11.3. The predicted molar refractivity (Wildman–Crippen MR) is 79.5 cm³/mol. The number of H-pyrrole nitrogens is 1. The fourth-order valence-electron chi connectivity index (χ4n) is 2.29. The Hall–Kier alpha value is -3.46. The van der Waals surface area contributed by atoms with Crippen LogP contribution in [0.4, 0.5) is 0 Å². The molecule has 0 radical (unpaired) electrons. The second-order valence-electron chi connectivity index (χ2n) is 4.71. The minimum atomic E-state index is 0.226. The SMILES string of the molecule is N#Cc1n[nH]nc1-c1ccc(-c2cc3ccccc3o2)cn1. The summed E-state index contributed by atoms with van der Waals surface area (Å²) >= 11 is 0. The second-order valence-corrected chi connectivity index (χ2v) is 4.71. The van der Waals surface area contributed by atoms with Gasteiger partial charge < -0.3 is 4.42 Å². The molecule has 6 heteroatoms. The highest BCUT2D eigenvalue weighted by Crippen LogP contribution is 2.28. The van der Waals surface area contributed by atoms with Crippen LogP contribution in [-0.4, -0.2) is 20.4 Å². The molecule has 0 fully saturated rings. The molecule has 4 aromatic rings. The number of hydrogen-bond acceptors (Lipinski definition) is 5. The molecule has 1 aromatic carbocycles. The number of nitrogens with zero attached hydrogens (tertiary/aromatic N) is 4. The molecule has 3 aromatic heterocycles. The lowest BCUT2D eigenvalue weighted by Crippen LogP contribution is -1.87. The van der Waals surface area contributed by atoms with Crippen molar-refractivity contribution in [2.45, 2.75) is 0 Å². The van der Waals surface area contributed by atoms with Gasteiger partial charge in [-0.25, -0.2) is 0 Å². The standard InChI is InChI=1S/C16H9N5O/c17-8-13-16(20-21-19-13)12-6-5-11(9-18-12)15-7-10-3-1-2-4-14(10)22-15/h1-7,9H,(H,19,20,21). The quantitative estimate of drug-likeness (QED) is 0.611. The zero-order valence-electron chi connectivity index (χ0n) is 11.3. The van der Waals surface area contributed by atoms with Crippen LogP contribution in [0.25, 0.3) is 33.7 Å². The van der Waals surface area contributed by atoms with E-state index in [0.717, 1.165) is 22.3 Å². The number of pyridine rings is 1. The van der Waals surface area contributed by atoms with E-state index in [-0.39, 0.29) is 5.69 Å². The summed E-state index contributed by atoms with van der Waals surface area (Å²) in [7, 11) is 0. The molecule has 0 atom stereocenters. The Balaban J connectivity index is 1.74. The van der Waals surface area contributed by atoms with E-state index in [1.807, 2.05) is 42.5 Å². The Morgan fingerprint density at radius 1 is 1.09 bits per heavy atom. The van der Waals surface area contributed by atoms with Crippen molar-refractivity contribution in [3.8, 4) is 28.8 Å². The highest BCUT2D eigenvalue weighted by molar-refractivity contribution is 5.82. The summed E-state index contributed by atoms with van der Waals surface area (Å²) in [6.45, 7) is 0. The molecule has 104 valence electrons. The Kier molecular flexibility index (Phi) is 2.70. The summed E-state index contributed by atoms with van der Waals surface area (Å²) in [5.74, 6) is 0.751. The van der Waals surface area contributed by atoms with E-state index in [1.54, 1.807) is 12.3 Å². The number of fused-ring (bicyclic) bond motifs is 1. The average Bonchev–Trinajstić information content (AvgIpc) is 3.21. The van der Waals surface area contributed by atoms with E-state index in [4.69, 9.17) is 9.68 Å². The van der Waals surface area contributed by atoms with Crippen LogP contribution in [0.5, 0.6) is 0 Å².